The van der Waals surface area contributed by atoms with Gasteiger partial charge in [-0.3, -0.25) is 10.1 Å². The van der Waals surface area contributed by atoms with Crippen LogP contribution in [0.5, 0.6) is 0 Å². The molecule has 0 radical (unpaired) electrons. The lowest BCUT2D eigenvalue weighted by atomic mass is 9.80. The van der Waals surface area contributed by atoms with Crippen molar-refractivity contribution in [2.45, 2.75) is 26.4 Å². The first kappa shape index (κ1) is 13.3. The molecular formula is C12H15NO4. The average Bonchev–Trinajstić information content (AvgIpc) is 2.37. The molecule has 0 amide bonds. The van der Waals surface area contributed by atoms with Crippen LogP contribution in [-0.4, -0.2) is 16.3 Å². The maximum Gasteiger partial charge on any atom is 0.269 e. The topological polar surface area (TPSA) is 80.4 Å². The van der Waals surface area contributed by atoms with Crippen LogP contribution in [0.3, 0.4) is 0 Å². The number of nitrogens with zero attached hydrogens (tertiary/aromatic N) is 1. The van der Waals surface area contributed by atoms with Gasteiger partial charge in [0.2, 0.25) is 0 Å². The highest BCUT2D eigenvalue weighted by Crippen LogP contribution is 2.35. The van der Waals surface area contributed by atoms with E-state index in [2.05, 4.69) is 0 Å². The molecule has 1 N–H and O–H groups in total. The van der Waals surface area contributed by atoms with Crippen molar-refractivity contribution in [3.05, 3.63) is 39.9 Å². The minimum Gasteiger partial charge on any atom is -0.387 e. The highest BCUT2D eigenvalue weighted by Gasteiger charge is 2.32. The molecule has 0 aromatic heterocycles. The summed E-state index contributed by atoms with van der Waals surface area (Å²) < 4.78 is 0. The lowest BCUT2D eigenvalue weighted by molar-refractivity contribution is -0.384. The molecule has 1 aromatic carbocycles. The number of nitro benzene ring substituents is 1. The molecule has 1 unspecified atom stereocenters. The fourth-order valence-electron chi connectivity index (χ4n) is 1.50. The molecule has 0 bridgehead atoms. The zero-order valence-corrected chi connectivity index (χ0v) is 9.79. The number of hydrogen-bond donors (Lipinski definition) is 1. The number of carbonyl (C=O) groups excluding carboxylic acids is 1. The summed E-state index contributed by atoms with van der Waals surface area (Å²) in [5, 5.41) is 20.5. The van der Waals surface area contributed by atoms with Crippen LogP contribution in [0.1, 0.15) is 31.9 Å². The fraction of sp³-hybridized carbons (Fsp3) is 0.417. The monoisotopic (exact) mass is 237 g/mol. The van der Waals surface area contributed by atoms with Crippen molar-refractivity contribution in [2.75, 3.05) is 0 Å². The molecule has 5 nitrogen and oxygen atoms in total. The minimum absolute atomic E-state index is 0.0368. The highest BCUT2D eigenvalue weighted by molar-refractivity contribution is 5.60. The maximum atomic E-state index is 11.0. The van der Waals surface area contributed by atoms with Crippen molar-refractivity contribution in [2.24, 2.45) is 5.41 Å². The Morgan fingerprint density at radius 1 is 1.47 bits per heavy atom. The van der Waals surface area contributed by atoms with Crippen molar-refractivity contribution in [3.8, 4) is 0 Å². The first-order valence-corrected chi connectivity index (χ1v) is 5.33. The van der Waals surface area contributed by atoms with Crippen molar-refractivity contribution in [1.82, 2.24) is 0 Å². The van der Waals surface area contributed by atoms with Gasteiger partial charge in [-0.15, -0.1) is 0 Å². The summed E-state index contributed by atoms with van der Waals surface area (Å²) in [6.07, 6.45) is 0.263. The van der Waals surface area contributed by atoms with Crippen LogP contribution >= 0.6 is 0 Å². The van der Waals surface area contributed by atoms with Crippen LogP contribution in [0.15, 0.2) is 24.3 Å². The van der Waals surface area contributed by atoms with E-state index in [4.69, 9.17) is 0 Å². The van der Waals surface area contributed by atoms with Gasteiger partial charge in [0.25, 0.3) is 5.69 Å². The van der Waals surface area contributed by atoms with Crippen molar-refractivity contribution in [1.29, 1.82) is 0 Å². The van der Waals surface area contributed by atoms with Crippen molar-refractivity contribution >= 4 is 12.0 Å². The van der Waals surface area contributed by atoms with E-state index in [9.17, 15) is 20.0 Å². The van der Waals surface area contributed by atoms with E-state index in [0.29, 0.717) is 12.0 Å². The Balaban J connectivity index is 3.01. The summed E-state index contributed by atoms with van der Waals surface area (Å²) >= 11 is 0. The van der Waals surface area contributed by atoms with Crippen LogP contribution in [-0.2, 0) is 4.79 Å². The van der Waals surface area contributed by atoms with Gasteiger partial charge in [0.1, 0.15) is 6.29 Å². The maximum absolute atomic E-state index is 11.0. The predicted molar refractivity (Wildman–Crippen MR) is 62.5 cm³/mol. The molecule has 1 rings (SSSR count). The molecule has 0 aliphatic carbocycles. The molecule has 0 fully saturated rings. The molecule has 2 atom stereocenters. The van der Waals surface area contributed by atoms with E-state index in [0.717, 1.165) is 6.29 Å². The number of hydrogen-bond acceptors (Lipinski definition) is 4. The molecule has 0 aliphatic heterocycles. The van der Waals surface area contributed by atoms with E-state index in [-0.39, 0.29) is 5.69 Å². The first-order chi connectivity index (χ1) is 7.94. The van der Waals surface area contributed by atoms with Gasteiger partial charge in [-0.1, -0.05) is 13.8 Å². The van der Waals surface area contributed by atoms with Crippen molar-refractivity contribution < 1.29 is 14.8 Å². The molecule has 5 heteroatoms. The zero-order valence-electron chi connectivity index (χ0n) is 9.79. The van der Waals surface area contributed by atoms with Gasteiger partial charge in [-0.05, 0) is 24.1 Å². The Morgan fingerprint density at radius 3 is 2.35 bits per heavy atom. The molecule has 17 heavy (non-hydrogen) atoms. The van der Waals surface area contributed by atoms with E-state index in [1.807, 2.05) is 6.92 Å². The molecule has 0 spiro atoms. The van der Waals surface area contributed by atoms with Gasteiger partial charge in [0.15, 0.2) is 0 Å². The summed E-state index contributed by atoms with van der Waals surface area (Å²) in [6, 6.07) is 5.58. The number of non-ortho nitro benzene ring substituents is 1. The fourth-order valence-corrected chi connectivity index (χ4v) is 1.50. The number of benzene rings is 1. The SMILES string of the molecule is CC[C@](C)(C=O)C(O)c1ccc([N+](=O)[O-])cc1. The van der Waals surface area contributed by atoms with Gasteiger partial charge < -0.3 is 9.90 Å². The molecule has 0 saturated carbocycles. The smallest absolute Gasteiger partial charge is 0.269 e. The van der Waals surface area contributed by atoms with E-state index in [1.54, 1.807) is 6.92 Å². The summed E-state index contributed by atoms with van der Waals surface area (Å²) in [4.78, 5) is 21.0. The first-order valence-electron chi connectivity index (χ1n) is 5.33. The molecule has 0 heterocycles. The molecule has 0 saturated heterocycles. The van der Waals surface area contributed by atoms with Crippen LogP contribution in [0.2, 0.25) is 0 Å². The van der Waals surface area contributed by atoms with Gasteiger partial charge in [0.05, 0.1) is 16.4 Å². The predicted octanol–water partition coefficient (Wildman–Crippen LogP) is 2.24. The number of rotatable bonds is 5. The zero-order chi connectivity index (χ0) is 13.1. The van der Waals surface area contributed by atoms with Gasteiger partial charge in [-0.25, -0.2) is 0 Å². The molecule has 1 aromatic rings. The molecule has 0 aliphatic rings. The lowest BCUT2D eigenvalue weighted by Gasteiger charge is -2.27. The number of carbonyl (C=O) groups is 1. The third-order valence-electron chi connectivity index (χ3n) is 3.08. The number of nitro groups is 1. The Kier molecular flexibility index (Phi) is 3.96. The highest BCUT2D eigenvalue weighted by atomic mass is 16.6. The second-order valence-electron chi connectivity index (χ2n) is 4.23. The third-order valence-corrected chi connectivity index (χ3v) is 3.08. The summed E-state index contributed by atoms with van der Waals surface area (Å²) in [7, 11) is 0. The lowest BCUT2D eigenvalue weighted by Crippen LogP contribution is -2.26. The Hall–Kier alpha value is -1.75. The van der Waals surface area contributed by atoms with Crippen LogP contribution in [0.25, 0.3) is 0 Å². The van der Waals surface area contributed by atoms with E-state index in [1.165, 1.54) is 24.3 Å². The van der Waals surface area contributed by atoms with Crippen LogP contribution in [0, 0.1) is 15.5 Å². The normalized spacial score (nSPS) is 15.9. The quantitative estimate of drug-likeness (QED) is 0.483. The Morgan fingerprint density at radius 2 is 2.00 bits per heavy atom. The number of aldehydes is 1. The number of aliphatic hydroxyl groups excluding tert-OH is 1. The summed E-state index contributed by atoms with van der Waals surface area (Å²) in [5.41, 5.74) is -0.395. The van der Waals surface area contributed by atoms with E-state index >= 15 is 0 Å². The Bertz CT molecular complexity index is 415. The second-order valence-corrected chi connectivity index (χ2v) is 4.23. The molecule has 92 valence electrons. The van der Waals surface area contributed by atoms with Crippen LogP contribution in [0.4, 0.5) is 5.69 Å². The van der Waals surface area contributed by atoms with Crippen LogP contribution < -0.4 is 0 Å². The number of aliphatic hydroxyl groups is 1. The molecular weight excluding hydrogens is 222 g/mol. The summed E-state index contributed by atoms with van der Waals surface area (Å²) in [5.74, 6) is 0. The average molecular weight is 237 g/mol. The Labute approximate surface area is 99.2 Å². The third kappa shape index (κ3) is 2.68. The second kappa shape index (κ2) is 5.05. The van der Waals surface area contributed by atoms with Gasteiger partial charge >= 0.3 is 0 Å². The minimum atomic E-state index is -0.953. The van der Waals surface area contributed by atoms with Crippen molar-refractivity contribution in [3.63, 3.8) is 0 Å². The van der Waals surface area contributed by atoms with E-state index < -0.39 is 16.4 Å². The van der Waals surface area contributed by atoms with Gasteiger partial charge in [-0.2, -0.15) is 0 Å². The largest absolute Gasteiger partial charge is 0.387 e. The van der Waals surface area contributed by atoms with Gasteiger partial charge in [0, 0.05) is 12.1 Å². The standard InChI is InChI=1S/C12H15NO4/c1-3-12(2,8-14)11(15)9-4-6-10(7-5-9)13(16)17/h4-8,11,15H,3H2,1-2H3/t11?,12-/m1/s1. The summed E-state index contributed by atoms with van der Waals surface area (Å²) in [6.45, 7) is 3.47.